The number of likely N-dealkylation sites (tertiary alicyclic amines) is 1. The van der Waals surface area contributed by atoms with E-state index in [-0.39, 0.29) is 5.91 Å². The molecule has 1 aliphatic heterocycles. The first kappa shape index (κ1) is 21.5. The Kier molecular flexibility index (Phi) is 7.21. The maximum absolute atomic E-state index is 12.3. The molecule has 1 amide bonds. The van der Waals surface area contributed by atoms with Gasteiger partial charge in [-0.15, -0.1) is 11.8 Å². The molecule has 3 nitrogen and oxygen atoms in total. The molecule has 4 rings (SSSR count). The van der Waals surface area contributed by atoms with E-state index in [4.69, 9.17) is 23.2 Å². The first-order valence-electron chi connectivity index (χ1n) is 10.1. The minimum atomic E-state index is 0.0936. The predicted molar refractivity (Wildman–Crippen MR) is 128 cm³/mol. The van der Waals surface area contributed by atoms with Crippen molar-refractivity contribution in [2.24, 2.45) is 5.92 Å². The second kappa shape index (κ2) is 10.1. The molecule has 1 unspecified atom stereocenters. The zero-order chi connectivity index (χ0) is 20.9. The highest BCUT2D eigenvalue weighted by Gasteiger charge is 2.23. The maximum atomic E-state index is 12.3. The van der Waals surface area contributed by atoms with E-state index >= 15 is 0 Å². The van der Waals surface area contributed by atoms with Crippen molar-refractivity contribution in [3.8, 4) is 0 Å². The third-order valence-electron chi connectivity index (χ3n) is 5.44. The zero-order valence-corrected chi connectivity index (χ0v) is 18.9. The summed E-state index contributed by atoms with van der Waals surface area (Å²) >= 11 is 13.7. The number of carbonyl (C=O) groups is 1. The predicted octanol–water partition coefficient (Wildman–Crippen LogP) is 5.88. The molecule has 0 spiro atoms. The van der Waals surface area contributed by atoms with Crippen LogP contribution in [0.5, 0.6) is 0 Å². The van der Waals surface area contributed by atoms with Crippen molar-refractivity contribution in [2.75, 3.05) is 25.4 Å². The molecule has 0 bridgehead atoms. The SMILES string of the molecule is O=C(CSc1ccc2ccccc2c1)NCC1CCN(Cc2ccc(Cl)c(Cl)c2)C1. The third-order valence-corrected chi connectivity index (χ3v) is 7.17. The minimum absolute atomic E-state index is 0.0936. The number of hydrogen-bond acceptors (Lipinski definition) is 3. The normalized spacial score (nSPS) is 16.8. The van der Waals surface area contributed by atoms with Crippen LogP contribution in [-0.4, -0.2) is 36.2 Å². The summed E-state index contributed by atoms with van der Waals surface area (Å²) in [6.45, 7) is 3.61. The summed E-state index contributed by atoms with van der Waals surface area (Å²) in [7, 11) is 0. The van der Waals surface area contributed by atoms with E-state index in [1.807, 2.05) is 30.3 Å². The van der Waals surface area contributed by atoms with E-state index in [2.05, 4.69) is 40.5 Å². The monoisotopic (exact) mass is 458 g/mol. The third kappa shape index (κ3) is 5.70. The molecular weight excluding hydrogens is 435 g/mol. The average Bonchev–Trinajstić information content (AvgIpc) is 3.20. The number of benzene rings is 3. The van der Waals surface area contributed by atoms with E-state index in [9.17, 15) is 4.79 Å². The molecule has 0 radical (unpaired) electrons. The molecule has 0 saturated carbocycles. The Hall–Kier alpha value is -1.72. The van der Waals surface area contributed by atoms with Gasteiger partial charge >= 0.3 is 0 Å². The van der Waals surface area contributed by atoms with Gasteiger partial charge in [0.25, 0.3) is 0 Å². The van der Waals surface area contributed by atoms with Crippen molar-refractivity contribution in [1.29, 1.82) is 0 Å². The van der Waals surface area contributed by atoms with E-state index in [1.54, 1.807) is 11.8 Å². The summed E-state index contributed by atoms with van der Waals surface area (Å²) in [6.07, 6.45) is 1.10. The van der Waals surface area contributed by atoms with Crippen molar-refractivity contribution in [2.45, 2.75) is 17.9 Å². The van der Waals surface area contributed by atoms with Crippen molar-refractivity contribution < 1.29 is 4.79 Å². The van der Waals surface area contributed by atoms with Gasteiger partial charge in [0, 0.05) is 24.5 Å². The van der Waals surface area contributed by atoms with Crippen LogP contribution in [0.25, 0.3) is 10.8 Å². The molecule has 1 N–H and O–H groups in total. The Labute approximate surface area is 191 Å². The number of carbonyl (C=O) groups excluding carboxylic acids is 1. The topological polar surface area (TPSA) is 32.3 Å². The molecular formula is C24H24Cl2N2OS. The summed E-state index contributed by atoms with van der Waals surface area (Å²) in [5, 5.41) is 6.72. The van der Waals surface area contributed by atoms with Crippen molar-refractivity contribution in [1.82, 2.24) is 10.2 Å². The number of amides is 1. The van der Waals surface area contributed by atoms with Crippen LogP contribution in [0, 0.1) is 5.92 Å². The van der Waals surface area contributed by atoms with Gasteiger partial charge in [-0.2, -0.15) is 0 Å². The van der Waals surface area contributed by atoms with Crippen LogP contribution in [0.1, 0.15) is 12.0 Å². The van der Waals surface area contributed by atoms with Gasteiger partial charge in [0.1, 0.15) is 0 Å². The van der Waals surface area contributed by atoms with Gasteiger partial charge < -0.3 is 5.32 Å². The second-order valence-electron chi connectivity index (χ2n) is 7.74. The van der Waals surface area contributed by atoms with Crippen LogP contribution in [-0.2, 0) is 11.3 Å². The summed E-state index contributed by atoms with van der Waals surface area (Å²) < 4.78 is 0. The van der Waals surface area contributed by atoms with Gasteiger partial charge in [0.15, 0.2) is 0 Å². The lowest BCUT2D eigenvalue weighted by Crippen LogP contribution is -2.32. The average molecular weight is 459 g/mol. The van der Waals surface area contributed by atoms with Crippen LogP contribution >= 0.6 is 35.0 Å². The quantitative estimate of drug-likeness (QED) is 0.448. The van der Waals surface area contributed by atoms with Crippen LogP contribution in [0.2, 0.25) is 10.0 Å². The highest BCUT2D eigenvalue weighted by Crippen LogP contribution is 2.25. The molecule has 1 aliphatic rings. The van der Waals surface area contributed by atoms with E-state index < -0.39 is 0 Å². The highest BCUT2D eigenvalue weighted by atomic mass is 35.5. The Morgan fingerprint density at radius 3 is 2.70 bits per heavy atom. The number of nitrogens with zero attached hydrogens (tertiary/aromatic N) is 1. The van der Waals surface area contributed by atoms with Gasteiger partial charge in [-0.1, -0.05) is 59.6 Å². The summed E-state index contributed by atoms with van der Waals surface area (Å²) in [5.41, 5.74) is 1.17. The van der Waals surface area contributed by atoms with Gasteiger partial charge in [0.2, 0.25) is 5.91 Å². The number of hydrogen-bond donors (Lipinski definition) is 1. The van der Waals surface area contributed by atoms with Crippen LogP contribution in [0.4, 0.5) is 0 Å². The fraction of sp³-hybridized carbons (Fsp3) is 0.292. The molecule has 1 heterocycles. The van der Waals surface area contributed by atoms with E-state index in [1.165, 1.54) is 16.3 Å². The fourth-order valence-corrected chi connectivity index (χ4v) is 4.93. The Balaban J connectivity index is 1.20. The van der Waals surface area contributed by atoms with Crippen molar-refractivity contribution in [3.05, 3.63) is 76.3 Å². The maximum Gasteiger partial charge on any atom is 0.230 e. The van der Waals surface area contributed by atoms with Crippen molar-refractivity contribution >= 4 is 51.6 Å². The van der Waals surface area contributed by atoms with Gasteiger partial charge in [-0.25, -0.2) is 0 Å². The Morgan fingerprint density at radius 1 is 1.03 bits per heavy atom. The standard InChI is InChI=1S/C24H24Cl2N2OS/c25-22-8-5-17(11-23(22)26)14-28-10-9-18(15-28)13-27-24(29)16-30-21-7-6-19-3-1-2-4-20(19)12-21/h1-8,11-12,18H,9-10,13-16H2,(H,27,29). The number of nitrogens with one attached hydrogen (secondary N) is 1. The molecule has 0 aromatic heterocycles. The summed E-state index contributed by atoms with van der Waals surface area (Å²) in [4.78, 5) is 15.8. The van der Waals surface area contributed by atoms with Gasteiger partial charge in [-0.05, 0) is 59.5 Å². The summed E-state index contributed by atoms with van der Waals surface area (Å²) in [6, 6.07) is 20.4. The zero-order valence-electron chi connectivity index (χ0n) is 16.6. The molecule has 0 aliphatic carbocycles. The second-order valence-corrected chi connectivity index (χ2v) is 9.60. The molecule has 6 heteroatoms. The first-order chi connectivity index (χ1) is 14.6. The lowest BCUT2D eigenvalue weighted by Gasteiger charge is -2.17. The smallest absolute Gasteiger partial charge is 0.230 e. The molecule has 156 valence electrons. The number of rotatable bonds is 7. The van der Waals surface area contributed by atoms with Crippen LogP contribution in [0.15, 0.2) is 65.6 Å². The Morgan fingerprint density at radius 2 is 1.87 bits per heavy atom. The molecule has 1 atom stereocenters. The molecule has 3 aromatic carbocycles. The van der Waals surface area contributed by atoms with E-state index in [0.29, 0.717) is 21.7 Å². The fourth-order valence-electron chi connectivity index (χ4n) is 3.83. The minimum Gasteiger partial charge on any atom is -0.355 e. The van der Waals surface area contributed by atoms with Crippen LogP contribution in [0.3, 0.4) is 0 Å². The number of fused-ring (bicyclic) bond motifs is 1. The van der Waals surface area contributed by atoms with Gasteiger partial charge in [0.05, 0.1) is 15.8 Å². The first-order valence-corrected chi connectivity index (χ1v) is 11.9. The van der Waals surface area contributed by atoms with Crippen LogP contribution < -0.4 is 5.32 Å². The van der Waals surface area contributed by atoms with Gasteiger partial charge in [-0.3, -0.25) is 9.69 Å². The van der Waals surface area contributed by atoms with Crippen molar-refractivity contribution in [3.63, 3.8) is 0 Å². The molecule has 1 fully saturated rings. The summed E-state index contributed by atoms with van der Waals surface area (Å²) in [5.74, 6) is 1.02. The molecule has 1 saturated heterocycles. The molecule has 30 heavy (non-hydrogen) atoms. The lowest BCUT2D eigenvalue weighted by atomic mass is 10.1. The van der Waals surface area contributed by atoms with E-state index in [0.717, 1.165) is 37.5 Å². The largest absolute Gasteiger partial charge is 0.355 e. The lowest BCUT2D eigenvalue weighted by molar-refractivity contribution is -0.118. The number of halogens is 2. The number of thioether (sulfide) groups is 1. The molecule has 3 aromatic rings. The highest BCUT2D eigenvalue weighted by molar-refractivity contribution is 8.00. The Bertz CT molecular complexity index is 1040.